The van der Waals surface area contributed by atoms with Crippen LogP contribution in [0.25, 0.3) is 0 Å². The summed E-state index contributed by atoms with van der Waals surface area (Å²) in [5.41, 5.74) is 1.68. The fraction of sp³-hybridized carbons (Fsp3) is 0.278. The molecule has 26 heavy (non-hydrogen) atoms. The zero-order valence-corrected chi connectivity index (χ0v) is 15.6. The van der Waals surface area contributed by atoms with Crippen LogP contribution in [0.4, 0.5) is 5.69 Å². The Balaban J connectivity index is 1.75. The van der Waals surface area contributed by atoms with Crippen molar-refractivity contribution in [1.29, 1.82) is 0 Å². The smallest absolute Gasteiger partial charge is 0.238 e. The van der Waals surface area contributed by atoms with Crippen LogP contribution in [-0.4, -0.2) is 46.0 Å². The van der Waals surface area contributed by atoms with Gasteiger partial charge in [-0.1, -0.05) is 17.7 Å². The second kappa shape index (κ2) is 8.79. The first-order chi connectivity index (χ1) is 12.2. The summed E-state index contributed by atoms with van der Waals surface area (Å²) in [6, 6.07) is 13.5. The Bertz CT molecular complexity index is 834. The first-order valence-electron chi connectivity index (χ1n) is 8.05. The molecule has 140 valence electrons. The van der Waals surface area contributed by atoms with Crippen LogP contribution in [0.2, 0.25) is 0 Å². The minimum atomic E-state index is -3.74. The second-order valence-corrected chi connectivity index (χ2v) is 7.58. The van der Waals surface area contributed by atoms with Crippen molar-refractivity contribution in [2.24, 2.45) is 5.14 Å². The maximum Gasteiger partial charge on any atom is 0.238 e. The van der Waals surface area contributed by atoms with Crippen LogP contribution in [0.3, 0.4) is 0 Å². The van der Waals surface area contributed by atoms with Crippen LogP contribution in [0.5, 0.6) is 5.75 Å². The highest BCUT2D eigenvalue weighted by Crippen LogP contribution is 2.13. The summed E-state index contributed by atoms with van der Waals surface area (Å²) in [6.45, 7) is 3.26. The van der Waals surface area contributed by atoms with Crippen LogP contribution in [0.1, 0.15) is 5.56 Å². The number of benzene rings is 2. The van der Waals surface area contributed by atoms with Crippen molar-refractivity contribution in [1.82, 2.24) is 4.90 Å². The van der Waals surface area contributed by atoms with E-state index in [4.69, 9.17) is 9.88 Å². The van der Waals surface area contributed by atoms with Gasteiger partial charge in [-0.15, -0.1) is 0 Å². The van der Waals surface area contributed by atoms with Crippen LogP contribution in [0, 0.1) is 6.92 Å². The minimum absolute atomic E-state index is 0.000807. The lowest BCUT2D eigenvalue weighted by Gasteiger charge is -2.16. The molecule has 2 aromatic rings. The SMILES string of the molecule is Cc1ccc(OCCN(C)CC(=O)Nc2ccc(S(N)(=O)=O)cc2)cc1. The van der Waals surface area contributed by atoms with E-state index in [1.165, 1.54) is 29.8 Å². The summed E-state index contributed by atoms with van der Waals surface area (Å²) in [5, 5.41) is 7.74. The molecule has 2 rings (SSSR count). The lowest BCUT2D eigenvalue weighted by molar-refractivity contribution is -0.117. The summed E-state index contributed by atoms with van der Waals surface area (Å²) < 4.78 is 28.0. The fourth-order valence-electron chi connectivity index (χ4n) is 2.21. The molecule has 0 atom stereocenters. The topological polar surface area (TPSA) is 102 Å². The Hall–Kier alpha value is -2.42. The molecular formula is C18H23N3O4S. The van der Waals surface area contributed by atoms with E-state index in [0.717, 1.165) is 5.75 Å². The van der Waals surface area contributed by atoms with Gasteiger partial charge in [0.05, 0.1) is 11.4 Å². The molecule has 8 heteroatoms. The Kier molecular flexibility index (Phi) is 6.73. The number of hydrogen-bond acceptors (Lipinski definition) is 5. The van der Waals surface area contributed by atoms with Gasteiger partial charge in [0.1, 0.15) is 12.4 Å². The Morgan fingerprint density at radius 3 is 2.31 bits per heavy atom. The third-order valence-electron chi connectivity index (χ3n) is 3.64. The molecule has 0 aromatic heterocycles. The van der Waals surface area contributed by atoms with Crippen LogP contribution >= 0.6 is 0 Å². The van der Waals surface area contributed by atoms with Crippen LogP contribution < -0.4 is 15.2 Å². The van der Waals surface area contributed by atoms with Crippen LogP contribution in [-0.2, 0) is 14.8 Å². The van der Waals surface area contributed by atoms with E-state index in [9.17, 15) is 13.2 Å². The summed E-state index contributed by atoms with van der Waals surface area (Å²) in [4.78, 5) is 13.9. The maximum absolute atomic E-state index is 12.0. The number of nitrogens with zero attached hydrogens (tertiary/aromatic N) is 1. The third kappa shape index (κ3) is 6.47. The molecule has 0 heterocycles. The highest BCUT2D eigenvalue weighted by atomic mass is 32.2. The Morgan fingerprint density at radius 1 is 1.12 bits per heavy atom. The standard InChI is InChI=1S/C18H23N3O4S/c1-14-3-7-16(8-4-14)25-12-11-21(2)13-18(22)20-15-5-9-17(10-6-15)26(19,23)24/h3-10H,11-13H2,1-2H3,(H,20,22)(H2,19,23,24). The van der Waals surface area contributed by atoms with Crippen molar-refractivity contribution >= 4 is 21.6 Å². The van der Waals surface area contributed by atoms with E-state index in [1.807, 2.05) is 43.1 Å². The molecule has 3 N–H and O–H groups in total. The summed E-state index contributed by atoms with van der Waals surface area (Å²) in [7, 11) is -1.92. The number of amides is 1. The van der Waals surface area contributed by atoms with E-state index >= 15 is 0 Å². The molecule has 1 amide bonds. The maximum atomic E-state index is 12.0. The highest BCUT2D eigenvalue weighted by Gasteiger charge is 2.10. The monoisotopic (exact) mass is 377 g/mol. The van der Waals surface area contributed by atoms with Gasteiger partial charge in [-0.2, -0.15) is 0 Å². The molecule has 0 saturated carbocycles. The van der Waals surface area contributed by atoms with E-state index in [1.54, 1.807) is 0 Å². The minimum Gasteiger partial charge on any atom is -0.492 e. The predicted molar refractivity (Wildman–Crippen MR) is 101 cm³/mol. The number of carbonyl (C=O) groups is 1. The van der Waals surface area contributed by atoms with Crippen molar-refractivity contribution in [3.63, 3.8) is 0 Å². The number of sulfonamides is 1. The fourth-order valence-corrected chi connectivity index (χ4v) is 2.72. The predicted octanol–water partition coefficient (Wildman–Crippen LogP) is 1.59. The highest BCUT2D eigenvalue weighted by molar-refractivity contribution is 7.89. The average Bonchev–Trinajstić information content (AvgIpc) is 2.56. The normalized spacial score (nSPS) is 11.4. The molecule has 0 aliphatic heterocycles. The van der Waals surface area contributed by atoms with Crippen LogP contribution in [0.15, 0.2) is 53.4 Å². The van der Waals surface area contributed by atoms with Gasteiger partial charge in [0.15, 0.2) is 0 Å². The third-order valence-corrected chi connectivity index (χ3v) is 4.57. The number of carbonyl (C=O) groups excluding carboxylic acids is 1. The molecule has 0 aliphatic rings. The second-order valence-electron chi connectivity index (χ2n) is 6.02. The number of likely N-dealkylation sites (N-methyl/N-ethyl adjacent to an activating group) is 1. The van der Waals surface area contributed by atoms with Gasteiger partial charge < -0.3 is 10.1 Å². The number of aryl methyl sites for hydroxylation is 1. The van der Waals surface area contributed by atoms with Crippen molar-refractivity contribution in [2.45, 2.75) is 11.8 Å². The summed E-state index contributed by atoms with van der Waals surface area (Å²) >= 11 is 0. The molecule has 0 spiro atoms. The molecule has 0 radical (unpaired) electrons. The molecule has 0 saturated heterocycles. The number of ether oxygens (including phenoxy) is 1. The molecule has 2 aromatic carbocycles. The first-order valence-corrected chi connectivity index (χ1v) is 9.59. The Morgan fingerprint density at radius 2 is 1.73 bits per heavy atom. The molecule has 0 bridgehead atoms. The lowest BCUT2D eigenvalue weighted by atomic mass is 10.2. The molecule has 0 unspecified atom stereocenters. The van der Waals surface area contributed by atoms with Gasteiger partial charge in [0.2, 0.25) is 15.9 Å². The van der Waals surface area contributed by atoms with Gasteiger partial charge in [0, 0.05) is 12.2 Å². The van der Waals surface area contributed by atoms with E-state index < -0.39 is 10.0 Å². The lowest BCUT2D eigenvalue weighted by Crippen LogP contribution is -2.33. The van der Waals surface area contributed by atoms with Gasteiger partial charge >= 0.3 is 0 Å². The van der Waals surface area contributed by atoms with Gasteiger partial charge in [-0.25, -0.2) is 13.6 Å². The molecular weight excluding hydrogens is 354 g/mol. The molecule has 0 fully saturated rings. The van der Waals surface area contributed by atoms with E-state index in [-0.39, 0.29) is 17.3 Å². The van der Waals surface area contributed by atoms with E-state index in [2.05, 4.69) is 5.32 Å². The zero-order chi connectivity index (χ0) is 19.2. The summed E-state index contributed by atoms with van der Waals surface area (Å²) in [5.74, 6) is 0.592. The number of anilines is 1. The number of nitrogens with one attached hydrogen (secondary N) is 1. The van der Waals surface area contributed by atoms with Crippen molar-refractivity contribution < 1.29 is 17.9 Å². The first kappa shape index (κ1) is 19.9. The largest absolute Gasteiger partial charge is 0.492 e. The van der Waals surface area contributed by atoms with Crippen molar-refractivity contribution in [3.8, 4) is 5.75 Å². The van der Waals surface area contributed by atoms with E-state index in [0.29, 0.717) is 18.8 Å². The van der Waals surface area contributed by atoms with Gasteiger partial charge in [-0.3, -0.25) is 9.69 Å². The Labute approximate surface area is 153 Å². The van der Waals surface area contributed by atoms with Gasteiger partial charge in [0.25, 0.3) is 0 Å². The van der Waals surface area contributed by atoms with Gasteiger partial charge in [-0.05, 0) is 50.4 Å². The molecule has 7 nitrogen and oxygen atoms in total. The number of nitrogens with two attached hydrogens (primary N) is 1. The average molecular weight is 377 g/mol. The quantitative estimate of drug-likeness (QED) is 0.727. The summed E-state index contributed by atoms with van der Waals surface area (Å²) in [6.07, 6.45) is 0. The number of hydrogen-bond donors (Lipinski definition) is 2. The van der Waals surface area contributed by atoms with Crippen molar-refractivity contribution in [3.05, 3.63) is 54.1 Å². The zero-order valence-electron chi connectivity index (χ0n) is 14.8. The molecule has 0 aliphatic carbocycles. The number of rotatable bonds is 8. The number of primary sulfonamides is 1. The van der Waals surface area contributed by atoms with Crippen molar-refractivity contribution in [2.75, 3.05) is 32.1 Å².